The molecule has 3 aliphatic rings. The van der Waals surface area contributed by atoms with Crippen LogP contribution in [0.1, 0.15) is 19.3 Å². The van der Waals surface area contributed by atoms with E-state index in [1.54, 1.807) is 0 Å². The van der Waals surface area contributed by atoms with Gasteiger partial charge in [-0.1, -0.05) is 0 Å². The number of carbonyl (C=O) groups is 2. The Bertz CT molecular complexity index is 659. The number of urea groups is 1. The van der Waals surface area contributed by atoms with Crippen molar-refractivity contribution in [2.75, 3.05) is 19.6 Å². The molecule has 3 N–H and O–H groups in total. The van der Waals surface area contributed by atoms with E-state index in [0.29, 0.717) is 11.6 Å². The Hall–Kier alpha value is -1.50. The van der Waals surface area contributed by atoms with Gasteiger partial charge in [-0.3, -0.25) is 4.55 Å². The second kappa shape index (κ2) is 5.79. The van der Waals surface area contributed by atoms with Crippen LogP contribution in [0.25, 0.3) is 0 Å². The maximum Gasteiger partial charge on any atom is 0.418 e. The van der Waals surface area contributed by atoms with Crippen LogP contribution in [0.5, 0.6) is 0 Å². The lowest BCUT2D eigenvalue weighted by molar-refractivity contribution is -0.158. The molecule has 0 saturated carbocycles. The molecule has 24 heavy (non-hydrogen) atoms. The number of halogens is 1. The number of carboxylic acids is 1. The van der Waals surface area contributed by atoms with Crippen LogP contribution in [-0.2, 0) is 19.5 Å². The first-order valence-electron chi connectivity index (χ1n) is 7.53. The number of piperidine rings is 2. The third-order valence-electron chi connectivity index (χ3n) is 5.04. The molecule has 0 aromatic heterocycles. The van der Waals surface area contributed by atoms with Crippen LogP contribution in [0.15, 0.2) is 0 Å². The second-order valence-electron chi connectivity index (χ2n) is 6.26. The van der Waals surface area contributed by atoms with Gasteiger partial charge in [0.15, 0.2) is 0 Å². The van der Waals surface area contributed by atoms with Crippen LogP contribution in [0.3, 0.4) is 0 Å². The normalized spacial score (nSPS) is 36.9. The number of hydrogen-bond donors (Lipinski definition) is 3. The minimum atomic E-state index is -4.93. The van der Waals surface area contributed by atoms with Crippen molar-refractivity contribution >= 4 is 22.4 Å². The number of amides is 2. The van der Waals surface area contributed by atoms with E-state index in [0.717, 1.165) is 4.90 Å². The average Bonchev–Trinajstić information content (AvgIpc) is 2.73. The summed E-state index contributed by atoms with van der Waals surface area (Å²) < 4.78 is 49.3. The summed E-state index contributed by atoms with van der Waals surface area (Å²) in [5.74, 6) is -2.29. The minimum Gasteiger partial charge on any atom is -0.479 e. The minimum absolute atomic E-state index is 0.0309. The molecule has 3 heterocycles. The van der Waals surface area contributed by atoms with Crippen LogP contribution in [0, 0.1) is 5.92 Å². The molecule has 12 heteroatoms. The number of hydroxylamine groups is 2. The fourth-order valence-electron chi connectivity index (χ4n) is 3.96. The first-order chi connectivity index (χ1) is 11.2. The van der Waals surface area contributed by atoms with Crippen LogP contribution in [0.2, 0.25) is 0 Å². The van der Waals surface area contributed by atoms with Crippen molar-refractivity contribution in [2.24, 2.45) is 5.92 Å². The highest BCUT2D eigenvalue weighted by atomic mass is 32.3. The van der Waals surface area contributed by atoms with Gasteiger partial charge in [0.2, 0.25) is 0 Å². The molecule has 2 amide bonds. The van der Waals surface area contributed by atoms with Gasteiger partial charge in [0.25, 0.3) is 0 Å². The van der Waals surface area contributed by atoms with Gasteiger partial charge in [-0.15, -0.1) is 4.28 Å². The number of nitrogens with zero attached hydrogens (tertiary/aromatic N) is 2. The highest BCUT2D eigenvalue weighted by molar-refractivity contribution is 7.80. The number of nitrogens with one attached hydrogen (secondary N) is 1. The lowest BCUT2D eigenvalue weighted by atomic mass is 9.72. The largest absolute Gasteiger partial charge is 0.479 e. The highest BCUT2D eigenvalue weighted by Gasteiger charge is 2.63. The zero-order valence-corrected chi connectivity index (χ0v) is 13.4. The number of alkyl halides is 1. The maximum absolute atomic E-state index is 14.4. The summed E-state index contributed by atoms with van der Waals surface area (Å²) in [7, 11) is -4.93. The molecule has 3 fully saturated rings. The molecule has 136 valence electrons. The Kier molecular flexibility index (Phi) is 4.18. The van der Waals surface area contributed by atoms with Crippen molar-refractivity contribution in [2.45, 2.75) is 37.0 Å². The van der Waals surface area contributed by atoms with Crippen LogP contribution >= 0.6 is 0 Å². The van der Waals surface area contributed by atoms with E-state index >= 15 is 0 Å². The third-order valence-corrected chi connectivity index (χ3v) is 5.39. The van der Waals surface area contributed by atoms with Crippen molar-refractivity contribution in [1.82, 2.24) is 15.3 Å². The second-order valence-corrected chi connectivity index (χ2v) is 7.26. The van der Waals surface area contributed by atoms with Crippen molar-refractivity contribution in [3.8, 4) is 0 Å². The van der Waals surface area contributed by atoms with E-state index in [1.165, 1.54) is 0 Å². The summed E-state index contributed by atoms with van der Waals surface area (Å²) in [5, 5.41) is 13.2. The Morgan fingerprint density at radius 1 is 1.42 bits per heavy atom. The van der Waals surface area contributed by atoms with Gasteiger partial charge >= 0.3 is 22.4 Å². The first kappa shape index (κ1) is 17.3. The fraction of sp³-hybridized carbons (Fsp3) is 0.833. The highest BCUT2D eigenvalue weighted by Crippen LogP contribution is 2.44. The quantitative estimate of drug-likeness (QED) is 0.560. The van der Waals surface area contributed by atoms with Crippen molar-refractivity contribution in [3.05, 3.63) is 0 Å². The Labute approximate surface area is 137 Å². The maximum atomic E-state index is 14.4. The molecule has 2 bridgehead atoms. The standard InChI is InChI=1S/C12H18FN3O7S/c13-9-2-4-14-5-8(9)12(10(17)18)3-1-7-6-15(12)11(19)16(7)23-24(20,21)22/h7-9,14H,1-6H2,(H,17,18)(H,20,21,22)/t7-,8-,9-,12+/m1/s1. The number of carboxylic acid groups (broad SMARTS) is 1. The first-order valence-corrected chi connectivity index (χ1v) is 8.89. The molecule has 3 rings (SSSR count). The summed E-state index contributed by atoms with van der Waals surface area (Å²) in [6.07, 6.45) is -1.18. The molecule has 0 spiro atoms. The van der Waals surface area contributed by atoms with Crippen LogP contribution in [-0.4, -0.2) is 77.4 Å². The predicted molar refractivity (Wildman–Crippen MR) is 75.8 cm³/mol. The molecule has 0 radical (unpaired) electrons. The van der Waals surface area contributed by atoms with E-state index in [1.807, 2.05) is 0 Å². The van der Waals surface area contributed by atoms with Gasteiger partial charge in [-0.25, -0.2) is 14.0 Å². The SMILES string of the molecule is O=C1N(OS(=O)(=O)O)[C@@H]2CC[C@@](C(=O)O)([C@@H]3CNCC[C@H]3F)N1C2. The molecular formula is C12H18FN3O7S. The van der Waals surface area contributed by atoms with E-state index < -0.39 is 46.1 Å². The summed E-state index contributed by atoms with van der Waals surface area (Å²) in [5.41, 5.74) is -1.78. The van der Waals surface area contributed by atoms with Gasteiger partial charge in [0.05, 0.1) is 6.04 Å². The topological polar surface area (TPSA) is 136 Å². The fourth-order valence-corrected chi connectivity index (χ4v) is 4.35. The molecule has 3 saturated heterocycles. The van der Waals surface area contributed by atoms with Crippen LogP contribution < -0.4 is 5.32 Å². The molecule has 10 nitrogen and oxygen atoms in total. The number of aliphatic carboxylic acids is 1. The summed E-state index contributed by atoms with van der Waals surface area (Å²) in [6.45, 7) is 0.410. The smallest absolute Gasteiger partial charge is 0.418 e. The zero-order valence-electron chi connectivity index (χ0n) is 12.6. The van der Waals surface area contributed by atoms with E-state index in [4.69, 9.17) is 4.55 Å². The lowest BCUT2D eigenvalue weighted by Gasteiger charge is -2.47. The Balaban J connectivity index is 1.96. The van der Waals surface area contributed by atoms with E-state index in [2.05, 4.69) is 9.60 Å². The summed E-state index contributed by atoms with van der Waals surface area (Å²) >= 11 is 0. The molecule has 4 atom stereocenters. The van der Waals surface area contributed by atoms with Gasteiger partial charge in [-0.05, 0) is 25.8 Å². The number of rotatable bonds is 4. The van der Waals surface area contributed by atoms with Gasteiger partial charge in [-0.2, -0.15) is 13.5 Å². The van der Waals surface area contributed by atoms with Crippen molar-refractivity contribution in [1.29, 1.82) is 0 Å². The monoisotopic (exact) mass is 367 g/mol. The molecular weight excluding hydrogens is 349 g/mol. The summed E-state index contributed by atoms with van der Waals surface area (Å²) in [4.78, 5) is 25.5. The third kappa shape index (κ3) is 2.62. The number of fused-ring (bicyclic) bond motifs is 2. The van der Waals surface area contributed by atoms with Gasteiger partial charge in [0.1, 0.15) is 11.7 Å². The summed E-state index contributed by atoms with van der Waals surface area (Å²) in [6, 6.07) is -1.73. The lowest BCUT2D eigenvalue weighted by Crippen LogP contribution is -2.66. The molecule has 0 unspecified atom stereocenters. The van der Waals surface area contributed by atoms with Crippen LogP contribution in [0.4, 0.5) is 9.18 Å². The molecule has 0 aliphatic carbocycles. The molecule has 3 aliphatic heterocycles. The Morgan fingerprint density at radius 2 is 2.12 bits per heavy atom. The zero-order chi connectivity index (χ0) is 17.7. The van der Waals surface area contributed by atoms with Crippen molar-refractivity contribution < 1.29 is 36.3 Å². The van der Waals surface area contributed by atoms with E-state index in [-0.39, 0.29) is 32.4 Å². The van der Waals surface area contributed by atoms with Crippen molar-refractivity contribution in [3.63, 3.8) is 0 Å². The Morgan fingerprint density at radius 3 is 2.71 bits per heavy atom. The van der Waals surface area contributed by atoms with E-state index in [9.17, 15) is 27.5 Å². The molecule has 0 aromatic rings. The van der Waals surface area contributed by atoms with Gasteiger partial charge in [0, 0.05) is 19.0 Å². The number of carbonyl (C=O) groups excluding carboxylic acids is 1. The molecule has 0 aromatic carbocycles. The number of hydrogen-bond acceptors (Lipinski definition) is 6. The average molecular weight is 367 g/mol. The predicted octanol–water partition coefficient (Wildman–Crippen LogP) is -0.608. The van der Waals surface area contributed by atoms with Gasteiger partial charge < -0.3 is 15.3 Å².